The lowest BCUT2D eigenvalue weighted by Crippen LogP contribution is -2.10. The molecule has 1 heterocycles. The van der Waals surface area contributed by atoms with Gasteiger partial charge >= 0.3 is 6.18 Å². The minimum absolute atomic E-state index is 0.104. The second-order valence-corrected chi connectivity index (χ2v) is 5.03. The highest BCUT2D eigenvalue weighted by Gasteiger charge is 2.33. The van der Waals surface area contributed by atoms with Gasteiger partial charge in [0.2, 0.25) is 5.28 Å². The Morgan fingerprint density at radius 1 is 1.24 bits per heavy atom. The van der Waals surface area contributed by atoms with Crippen LogP contribution in [0, 0.1) is 11.3 Å². The first-order valence-electron chi connectivity index (χ1n) is 5.38. The molecule has 0 aliphatic rings. The highest BCUT2D eigenvalue weighted by molar-refractivity contribution is 9.10. The zero-order valence-electron chi connectivity index (χ0n) is 10.0. The zero-order chi connectivity index (χ0) is 15.6. The Morgan fingerprint density at radius 2 is 1.95 bits per heavy atom. The molecule has 108 valence electrons. The number of benzene rings is 1. The maximum atomic E-state index is 12.6. The fourth-order valence-corrected chi connectivity index (χ4v) is 2.11. The van der Waals surface area contributed by atoms with Crippen LogP contribution >= 0.6 is 27.5 Å². The predicted molar refractivity (Wildman–Crippen MR) is 74.2 cm³/mol. The van der Waals surface area contributed by atoms with E-state index in [1.807, 2.05) is 6.07 Å². The van der Waals surface area contributed by atoms with E-state index in [-0.39, 0.29) is 5.82 Å². The monoisotopic (exact) mass is 376 g/mol. The second kappa shape index (κ2) is 5.87. The van der Waals surface area contributed by atoms with Crippen molar-refractivity contribution >= 4 is 39.0 Å². The molecule has 1 N–H and O–H groups in total. The number of nitrogens with one attached hydrogen (secondary N) is 1. The van der Waals surface area contributed by atoms with Gasteiger partial charge in [0, 0.05) is 10.5 Å². The van der Waals surface area contributed by atoms with Gasteiger partial charge in [-0.15, -0.1) is 0 Å². The van der Waals surface area contributed by atoms with Crippen molar-refractivity contribution < 1.29 is 13.2 Å². The molecule has 1 aromatic carbocycles. The molecule has 0 bridgehead atoms. The van der Waals surface area contributed by atoms with E-state index in [9.17, 15) is 13.2 Å². The van der Waals surface area contributed by atoms with Gasteiger partial charge in [0.25, 0.3) is 0 Å². The molecule has 0 fully saturated rings. The summed E-state index contributed by atoms with van der Waals surface area (Å²) in [5, 5.41) is 10.9. The maximum absolute atomic E-state index is 12.6. The molecular formula is C12H5BrClF3N4. The largest absolute Gasteiger partial charge is 0.433 e. The lowest BCUT2D eigenvalue weighted by molar-refractivity contribution is -0.141. The quantitative estimate of drug-likeness (QED) is 0.781. The zero-order valence-corrected chi connectivity index (χ0v) is 12.4. The number of rotatable bonds is 2. The number of aromatic nitrogens is 2. The molecule has 0 saturated heterocycles. The van der Waals surface area contributed by atoms with Crippen molar-refractivity contribution in [1.29, 1.82) is 5.26 Å². The van der Waals surface area contributed by atoms with E-state index in [0.29, 0.717) is 15.7 Å². The Hall–Kier alpha value is -1.85. The Morgan fingerprint density at radius 3 is 2.52 bits per heavy atom. The van der Waals surface area contributed by atoms with Crippen molar-refractivity contribution in [3.63, 3.8) is 0 Å². The van der Waals surface area contributed by atoms with Crippen LogP contribution in [0.25, 0.3) is 0 Å². The number of nitriles is 1. The second-order valence-electron chi connectivity index (χ2n) is 3.84. The summed E-state index contributed by atoms with van der Waals surface area (Å²) in [5.41, 5.74) is -0.296. The van der Waals surface area contributed by atoms with Crippen LogP contribution < -0.4 is 5.32 Å². The smallest absolute Gasteiger partial charge is 0.339 e. The van der Waals surface area contributed by atoms with Gasteiger partial charge in [-0.2, -0.15) is 18.4 Å². The molecule has 2 aromatic rings. The average Bonchev–Trinajstić information content (AvgIpc) is 2.39. The van der Waals surface area contributed by atoms with Crippen LogP contribution in [-0.2, 0) is 6.18 Å². The number of hydrogen-bond acceptors (Lipinski definition) is 4. The highest BCUT2D eigenvalue weighted by Crippen LogP contribution is 2.31. The number of hydrogen-bond donors (Lipinski definition) is 1. The Bertz CT molecular complexity index is 727. The summed E-state index contributed by atoms with van der Waals surface area (Å²) >= 11 is 8.70. The van der Waals surface area contributed by atoms with Crippen LogP contribution in [0.3, 0.4) is 0 Å². The molecule has 0 aliphatic carbocycles. The van der Waals surface area contributed by atoms with Gasteiger partial charge in [-0.25, -0.2) is 9.97 Å². The van der Waals surface area contributed by atoms with Crippen LogP contribution in [-0.4, -0.2) is 9.97 Å². The Kier molecular flexibility index (Phi) is 4.34. The van der Waals surface area contributed by atoms with Crippen LogP contribution in [0.15, 0.2) is 28.7 Å². The van der Waals surface area contributed by atoms with Crippen molar-refractivity contribution in [1.82, 2.24) is 9.97 Å². The van der Waals surface area contributed by atoms with Gasteiger partial charge in [-0.05, 0) is 45.7 Å². The van der Waals surface area contributed by atoms with E-state index in [0.717, 1.165) is 6.07 Å². The summed E-state index contributed by atoms with van der Waals surface area (Å²) in [5.74, 6) is -0.104. The van der Waals surface area contributed by atoms with E-state index in [1.165, 1.54) is 18.2 Å². The molecule has 0 unspecified atom stereocenters. The van der Waals surface area contributed by atoms with Crippen molar-refractivity contribution in [2.45, 2.75) is 6.18 Å². The molecule has 0 aliphatic heterocycles. The average molecular weight is 378 g/mol. The minimum atomic E-state index is -4.62. The van der Waals surface area contributed by atoms with E-state index < -0.39 is 17.2 Å². The number of halogens is 5. The van der Waals surface area contributed by atoms with Gasteiger partial charge in [0.05, 0.1) is 17.3 Å². The molecule has 21 heavy (non-hydrogen) atoms. The van der Waals surface area contributed by atoms with Crippen LogP contribution in [0.4, 0.5) is 24.7 Å². The molecule has 0 spiro atoms. The third-order valence-electron chi connectivity index (χ3n) is 2.35. The van der Waals surface area contributed by atoms with Crippen molar-refractivity contribution in [3.8, 4) is 6.07 Å². The van der Waals surface area contributed by atoms with Crippen LogP contribution in [0.1, 0.15) is 11.3 Å². The summed E-state index contributed by atoms with van der Waals surface area (Å²) in [6, 6.07) is 7.26. The van der Waals surface area contributed by atoms with Gasteiger partial charge in [0.1, 0.15) is 5.82 Å². The highest BCUT2D eigenvalue weighted by atomic mass is 79.9. The fraction of sp³-hybridized carbons (Fsp3) is 0.0833. The third kappa shape index (κ3) is 3.83. The topological polar surface area (TPSA) is 61.6 Å². The van der Waals surface area contributed by atoms with Gasteiger partial charge in [0.15, 0.2) is 5.69 Å². The molecule has 0 atom stereocenters. The molecular weight excluding hydrogens is 373 g/mol. The number of nitrogens with zero attached hydrogens (tertiary/aromatic N) is 3. The standard InChI is InChI=1S/C12H5BrClF3N4/c13-7-3-6(5-18)1-2-8(7)19-10-4-9(12(15,16)17)20-11(14)21-10/h1-4H,(H,19,20,21). The summed E-state index contributed by atoms with van der Waals surface area (Å²) in [6.07, 6.45) is -4.62. The van der Waals surface area contributed by atoms with Crippen molar-refractivity contribution in [3.05, 3.63) is 45.3 Å². The van der Waals surface area contributed by atoms with Gasteiger partial charge in [-0.3, -0.25) is 0 Å². The SMILES string of the molecule is N#Cc1ccc(Nc2cc(C(F)(F)F)nc(Cl)n2)c(Br)c1. The lowest BCUT2D eigenvalue weighted by atomic mass is 10.2. The summed E-state index contributed by atoms with van der Waals surface area (Å²) < 4.78 is 38.4. The first kappa shape index (κ1) is 15.5. The van der Waals surface area contributed by atoms with Gasteiger partial charge < -0.3 is 5.32 Å². The molecule has 2 rings (SSSR count). The third-order valence-corrected chi connectivity index (χ3v) is 3.18. The van der Waals surface area contributed by atoms with Gasteiger partial charge in [-0.1, -0.05) is 0 Å². The predicted octanol–water partition coefficient (Wildman–Crippen LogP) is 4.53. The van der Waals surface area contributed by atoms with E-state index in [1.54, 1.807) is 0 Å². The van der Waals surface area contributed by atoms with Crippen LogP contribution in [0.2, 0.25) is 5.28 Å². The fourth-order valence-electron chi connectivity index (χ4n) is 1.45. The van der Waals surface area contributed by atoms with E-state index in [4.69, 9.17) is 16.9 Å². The normalized spacial score (nSPS) is 11.0. The lowest BCUT2D eigenvalue weighted by Gasteiger charge is -2.11. The molecule has 0 amide bonds. The van der Waals surface area contributed by atoms with E-state index in [2.05, 4.69) is 31.2 Å². The first-order chi connectivity index (χ1) is 9.79. The Labute approximate surface area is 130 Å². The van der Waals surface area contributed by atoms with E-state index >= 15 is 0 Å². The van der Waals surface area contributed by atoms with Crippen molar-refractivity contribution in [2.75, 3.05) is 5.32 Å². The molecule has 0 radical (unpaired) electrons. The maximum Gasteiger partial charge on any atom is 0.433 e. The number of anilines is 2. The first-order valence-corrected chi connectivity index (χ1v) is 6.55. The molecule has 9 heteroatoms. The molecule has 0 saturated carbocycles. The number of alkyl halides is 3. The Balaban J connectivity index is 2.36. The molecule has 1 aromatic heterocycles. The summed E-state index contributed by atoms with van der Waals surface area (Å²) in [6.45, 7) is 0. The summed E-state index contributed by atoms with van der Waals surface area (Å²) in [4.78, 5) is 6.81. The summed E-state index contributed by atoms with van der Waals surface area (Å²) in [7, 11) is 0. The molecule has 4 nitrogen and oxygen atoms in total. The van der Waals surface area contributed by atoms with Crippen LogP contribution in [0.5, 0.6) is 0 Å². The minimum Gasteiger partial charge on any atom is -0.339 e. The van der Waals surface area contributed by atoms with Crippen molar-refractivity contribution in [2.24, 2.45) is 0 Å².